The number of benzene rings is 2. The van der Waals surface area contributed by atoms with Crippen LogP contribution in [0.2, 0.25) is 10.0 Å². The number of nitrogens with zero attached hydrogens (tertiary/aromatic N) is 2. The molecule has 0 atom stereocenters. The molecule has 0 fully saturated rings. The first-order chi connectivity index (χ1) is 16.9. The van der Waals surface area contributed by atoms with E-state index < -0.39 is 35.7 Å². The van der Waals surface area contributed by atoms with Crippen LogP contribution in [-0.2, 0) is 12.1 Å². The molecule has 0 aliphatic rings. The van der Waals surface area contributed by atoms with Crippen LogP contribution in [0, 0.1) is 6.92 Å². The number of imidazole rings is 1. The first-order valence-electron chi connectivity index (χ1n) is 10.3. The quantitative estimate of drug-likeness (QED) is 0.260. The molecule has 12 heteroatoms. The van der Waals surface area contributed by atoms with Crippen LogP contribution < -0.4 is 10.1 Å². The van der Waals surface area contributed by atoms with Gasteiger partial charge in [0.1, 0.15) is 5.75 Å². The fourth-order valence-corrected chi connectivity index (χ4v) is 4.13. The van der Waals surface area contributed by atoms with E-state index in [0.29, 0.717) is 11.1 Å². The SMILES string of the molecule is Cc1c(C(=O)NCC(F)(F)c2ccc(Cl)cc2Cl)c(Oc2cccc(C(F)(F)F)c2)cn2cncc12. The van der Waals surface area contributed by atoms with Crippen molar-refractivity contribution in [2.75, 3.05) is 6.54 Å². The van der Waals surface area contributed by atoms with E-state index in [1.54, 1.807) is 6.92 Å². The summed E-state index contributed by atoms with van der Waals surface area (Å²) in [6.07, 6.45) is -0.432. The van der Waals surface area contributed by atoms with E-state index >= 15 is 0 Å². The minimum atomic E-state index is -4.61. The smallest absolute Gasteiger partial charge is 0.416 e. The summed E-state index contributed by atoms with van der Waals surface area (Å²) in [7, 11) is 0. The normalized spacial score (nSPS) is 12.1. The number of aryl methyl sites for hydroxylation is 1. The third-order valence-electron chi connectivity index (χ3n) is 5.34. The summed E-state index contributed by atoms with van der Waals surface area (Å²) in [6, 6.07) is 7.53. The third kappa shape index (κ3) is 5.24. The number of aromatic nitrogens is 2. The molecule has 0 radical (unpaired) electrons. The lowest BCUT2D eigenvalue weighted by Gasteiger charge is -2.20. The van der Waals surface area contributed by atoms with Crippen LogP contribution in [0.25, 0.3) is 5.52 Å². The highest BCUT2D eigenvalue weighted by Gasteiger charge is 2.35. The van der Waals surface area contributed by atoms with E-state index in [1.165, 1.54) is 35.3 Å². The Bertz CT molecular complexity index is 1450. The molecule has 2 heterocycles. The second-order valence-corrected chi connectivity index (χ2v) is 8.66. The molecule has 0 aliphatic carbocycles. The summed E-state index contributed by atoms with van der Waals surface area (Å²) in [4.78, 5) is 17.1. The Hall–Kier alpha value is -3.37. The molecule has 2 aromatic carbocycles. The average molecular weight is 544 g/mol. The molecule has 2 aromatic heterocycles. The number of hydrogen-bond acceptors (Lipinski definition) is 3. The van der Waals surface area contributed by atoms with Crippen molar-refractivity contribution in [3.8, 4) is 11.5 Å². The molecule has 0 bridgehead atoms. The first-order valence-corrected chi connectivity index (χ1v) is 11.0. The predicted octanol–water partition coefficient (Wildman–Crippen LogP) is 7.28. The zero-order chi connectivity index (χ0) is 26.3. The maximum Gasteiger partial charge on any atom is 0.416 e. The van der Waals surface area contributed by atoms with E-state index in [0.717, 1.165) is 30.3 Å². The van der Waals surface area contributed by atoms with E-state index in [4.69, 9.17) is 27.9 Å². The number of alkyl halides is 5. The largest absolute Gasteiger partial charge is 0.455 e. The molecule has 0 spiro atoms. The second-order valence-electron chi connectivity index (χ2n) is 7.82. The summed E-state index contributed by atoms with van der Waals surface area (Å²) in [5, 5.41) is 2.07. The molecule has 4 rings (SSSR count). The van der Waals surface area contributed by atoms with Crippen molar-refractivity contribution < 1.29 is 31.5 Å². The number of ether oxygens (including phenoxy) is 1. The second kappa shape index (κ2) is 9.59. The predicted molar refractivity (Wildman–Crippen MR) is 124 cm³/mol. The molecule has 188 valence electrons. The van der Waals surface area contributed by atoms with Crippen LogP contribution in [-0.4, -0.2) is 21.8 Å². The van der Waals surface area contributed by atoms with Crippen molar-refractivity contribution in [3.63, 3.8) is 0 Å². The monoisotopic (exact) mass is 543 g/mol. The van der Waals surface area contributed by atoms with E-state index in [2.05, 4.69) is 10.3 Å². The van der Waals surface area contributed by atoms with Crippen LogP contribution in [0.3, 0.4) is 0 Å². The highest BCUT2D eigenvalue weighted by molar-refractivity contribution is 6.35. The number of pyridine rings is 1. The molecule has 0 saturated heterocycles. The lowest BCUT2D eigenvalue weighted by atomic mass is 10.1. The van der Waals surface area contributed by atoms with Crippen LogP contribution in [0.1, 0.15) is 27.0 Å². The summed E-state index contributed by atoms with van der Waals surface area (Å²) < 4.78 is 76.2. The van der Waals surface area contributed by atoms with Gasteiger partial charge >= 0.3 is 6.18 Å². The van der Waals surface area contributed by atoms with Gasteiger partial charge in [-0.1, -0.05) is 29.3 Å². The maximum absolute atomic E-state index is 14.8. The fourth-order valence-electron chi connectivity index (χ4n) is 3.59. The van der Waals surface area contributed by atoms with Gasteiger partial charge in [0.05, 0.1) is 46.9 Å². The highest BCUT2D eigenvalue weighted by atomic mass is 35.5. The van der Waals surface area contributed by atoms with Gasteiger partial charge < -0.3 is 14.5 Å². The van der Waals surface area contributed by atoms with Gasteiger partial charge in [0.15, 0.2) is 5.75 Å². The molecule has 1 amide bonds. The van der Waals surface area contributed by atoms with Crippen molar-refractivity contribution in [1.29, 1.82) is 0 Å². The Morgan fingerprint density at radius 2 is 1.86 bits per heavy atom. The number of carbonyl (C=O) groups excluding carboxylic acids is 1. The standard InChI is InChI=1S/C24H16Cl2F5N3O2/c1-13-19-9-32-12-34(19)10-20(36-16-4-2-3-14(7-16)24(29,30)31)21(13)22(35)33-11-23(27,28)17-6-5-15(25)8-18(17)26/h2-10,12H,11H2,1H3,(H,33,35). The fraction of sp³-hybridized carbons (Fsp3) is 0.167. The first kappa shape index (κ1) is 25.7. The van der Waals surface area contributed by atoms with Gasteiger partial charge in [-0.3, -0.25) is 4.79 Å². The lowest BCUT2D eigenvalue weighted by molar-refractivity contribution is -0.137. The van der Waals surface area contributed by atoms with Gasteiger partial charge in [0.25, 0.3) is 11.8 Å². The Morgan fingerprint density at radius 3 is 2.56 bits per heavy atom. The van der Waals surface area contributed by atoms with Crippen molar-refractivity contribution in [2.45, 2.75) is 19.0 Å². The number of rotatable bonds is 6. The zero-order valence-electron chi connectivity index (χ0n) is 18.3. The third-order valence-corrected chi connectivity index (χ3v) is 5.89. The number of hydrogen-bond donors (Lipinski definition) is 1. The molecule has 0 saturated carbocycles. The van der Waals surface area contributed by atoms with E-state index in [9.17, 15) is 26.7 Å². The Kier molecular flexibility index (Phi) is 6.85. The van der Waals surface area contributed by atoms with Crippen molar-refractivity contribution in [3.05, 3.63) is 93.5 Å². The Balaban J connectivity index is 1.67. The van der Waals surface area contributed by atoms with Crippen LogP contribution in [0.5, 0.6) is 11.5 Å². The summed E-state index contributed by atoms with van der Waals surface area (Å²) in [5.74, 6) is -4.82. The van der Waals surface area contributed by atoms with Gasteiger partial charge in [-0.05, 0) is 48.9 Å². The van der Waals surface area contributed by atoms with Crippen molar-refractivity contribution in [1.82, 2.24) is 14.7 Å². The van der Waals surface area contributed by atoms with Crippen LogP contribution in [0.4, 0.5) is 22.0 Å². The Labute approximate surface area is 211 Å². The summed E-state index contributed by atoms with van der Waals surface area (Å²) in [6.45, 7) is 0.430. The number of nitrogens with one attached hydrogen (secondary N) is 1. The van der Waals surface area contributed by atoms with Gasteiger partial charge in [0.2, 0.25) is 0 Å². The van der Waals surface area contributed by atoms with Gasteiger partial charge in [0, 0.05) is 10.6 Å². The number of halogens is 7. The van der Waals surface area contributed by atoms with Crippen LogP contribution >= 0.6 is 23.2 Å². The molecule has 1 N–H and O–H groups in total. The minimum Gasteiger partial charge on any atom is -0.455 e. The van der Waals surface area contributed by atoms with Crippen molar-refractivity contribution >= 4 is 34.6 Å². The van der Waals surface area contributed by atoms with Gasteiger partial charge in [-0.2, -0.15) is 22.0 Å². The molecular formula is C24H16Cl2F5N3O2. The van der Waals surface area contributed by atoms with Crippen LogP contribution in [0.15, 0.2) is 61.2 Å². The molecular weight excluding hydrogens is 528 g/mol. The zero-order valence-corrected chi connectivity index (χ0v) is 19.8. The van der Waals surface area contributed by atoms with Crippen molar-refractivity contribution in [2.24, 2.45) is 0 Å². The molecule has 0 aliphatic heterocycles. The minimum absolute atomic E-state index is 0.140. The van der Waals surface area contributed by atoms with Gasteiger partial charge in [-0.15, -0.1) is 0 Å². The van der Waals surface area contributed by atoms with E-state index in [-0.39, 0.29) is 27.1 Å². The summed E-state index contributed by atoms with van der Waals surface area (Å²) in [5.41, 5.74) is -0.826. The topological polar surface area (TPSA) is 55.6 Å². The highest BCUT2D eigenvalue weighted by Crippen LogP contribution is 2.36. The average Bonchev–Trinajstić information content (AvgIpc) is 3.26. The molecule has 4 aromatic rings. The molecule has 36 heavy (non-hydrogen) atoms. The maximum atomic E-state index is 14.8. The van der Waals surface area contributed by atoms with E-state index in [1.807, 2.05) is 0 Å². The Morgan fingerprint density at radius 1 is 1.11 bits per heavy atom. The number of carbonyl (C=O) groups is 1. The van der Waals surface area contributed by atoms with Gasteiger partial charge in [-0.25, -0.2) is 4.98 Å². The molecule has 5 nitrogen and oxygen atoms in total. The summed E-state index contributed by atoms with van der Waals surface area (Å²) >= 11 is 11.7. The molecule has 0 unspecified atom stereocenters. The number of fused-ring (bicyclic) bond motifs is 1. The lowest BCUT2D eigenvalue weighted by Crippen LogP contribution is -2.35. The number of amides is 1.